The minimum Gasteiger partial charge on any atom is -0.467 e. The van der Waals surface area contributed by atoms with Gasteiger partial charge in [-0.1, -0.05) is 25.0 Å². The molecule has 2 amide bonds. The number of hydrogen-bond donors (Lipinski definition) is 1. The molecular formula is C26H26FN7O3. The van der Waals surface area contributed by atoms with Gasteiger partial charge in [0.25, 0.3) is 0 Å². The molecule has 3 heterocycles. The van der Waals surface area contributed by atoms with Crippen molar-refractivity contribution in [3.05, 3.63) is 84.3 Å². The van der Waals surface area contributed by atoms with E-state index in [4.69, 9.17) is 4.42 Å². The van der Waals surface area contributed by atoms with E-state index < -0.39 is 17.8 Å². The number of halogens is 1. The third-order valence-corrected chi connectivity index (χ3v) is 6.35. The number of tetrazole rings is 1. The first kappa shape index (κ1) is 24.3. The van der Waals surface area contributed by atoms with Gasteiger partial charge in [0, 0.05) is 18.4 Å². The predicted molar refractivity (Wildman–Crippen MR) is 130 cm³/mol. The Hall–Kier alpha value is -4.41. The Balaban J connectivity index is 1.44. The second-order valence-corrected chi connectivity index (χ2v) is 8.90. The SMILES string of the molecule is O=C(NC1CCCC1)C(c1ccncc1)N(Cc1ccco1)C(=O)Cn1nnc(-c2ccccc2F)n1. The van der Waals surface area contributed by atoms with Crippen LogP contribution in [0.25, 0.3) is 11.4 Å². The molecule has 0 aliphatic heterocycles. The smallest absolute Gasteiger partial charge is 0.247 e. The van der Waals surface area contributed by atoms with Gasteiger partial charge in [-0.05, 0) is 60.0 Å². The van der Waals surface area contributed by atoms with Crippen LogP contribution in [0.2, 0.25) is 0 Å². The molecule has 1 N–H and O–H groups in total. The van der Waals surface area contributed by atoms with Crippen LogP contribution >= 0.6 is 0 Å². The van der Waals surface area contributed by atoms with Crippen molar-refractivity contribution in [3.8, 4) is 11.4 Å². The van der Waals surface area contributed by atoms with E-state index in [1.54, 1.807) is 48.8 Å². The van der Waals surface area contributed by atoms with Gasteiger partial charge in [-0.3, -0.25) is 14.6 Å². The molecule has 4 aromatic rings. The number of amides is 2. The average molecular weight is 504 g/mol. The summed E-state index contributed by atoms with van der Waals surface area (Å²) in [5.74, 6) is -0.629. The van der Waals surface area contributed by atoms with Gasteiger partial charge in [0.15, 0.2) is 0 Å². The van der Waals surface area contributed by atoms with Crippen LogP contribution in [0.4, 0.5) is 4.39 Å². The van der Waals surface area contributed by atoms with Gasteiger partial charge in [-0.25, -0.2) is 4.39 Å². The van der Waals surface area contributed by atoms with Gasteiger partial charge < -0.3 is 14.6 Å². The molecule has 1 fully saturated rings. The minimum absolute atomic E-state index is 0.0474. The Bertz CT molecular complexity index is 1340. The number of nitrogens with one attached hydrogen (secondary N) is 1. The Labute approximate surface area is 212 Å². The van der Waals surface area contributed by atoms with Crippen molar-refractivity contribution in [2.45, 2.75) is 50.9 Å². The number of rotatable bonds is 9. The molecule has 1 aliphatic rings. The lowest BCUT2D eigenvalue weighted by Gasteiger charge is -2.31. The third kappa shape index (κ3) is 5.71. The van der Waals surface area contributed by atoms with E-state index >= 15 is 0 Å². The normalized spacial score (nSPS) is 14.4. The lowest BCUT2D eigenvalue weighted by Crippen LogP contribution is -2.46. The lowest BCUT2D eigenvalue weighted by atomic mass is 10.0. The number of carbonyl (C=O) groups excluding carboxylic acids is 2. The number of hydrogen-bond acceptors (Lipinski definition) is 7. The van der Waals surface area contributed by atoms with Gasteiger partial charge >= 0.3 is 0 Å². The van der Waals surface area contributed by atoms with Crippen molar-refractivity contribution in [1.29, 1.82) is 0 Å². The van der Waals surface area contributed by atoms with E-state index in [0.717, 1.165) is 30.5 Å². The van der Waals surface area contributed by atoms with Crippen molar-refractivity contribution in [1.82, 2.24) is 35.4 Å². The zero-order valence-corrected chi connectivity index (χ0v) is 20.0. The van der Waals surface area contributed by atoms with Crippen LogP contribution in [0.3, 0.4) is 0 Å². The number of furan rings is 1. The maximum atomic E-state index is 14.2. The zero-order chi connectivity index (χ0) is 25.6. The van der Waals surface area contributed by atoms with Gasteiger partial charge in [0.1, 0.15) is 24.2 Å². The first-order chi connectivity index (χ1) is 18.1. The molecule has 0 radical (unpaired) electrons. The maximum absolute atomic E-state index is 14.2. The molecule has 1 aliphatic carbocycles. The lowest BCUT2D eigenvalue weighted by molar-refractivity contribution is -0.143. The summed E-state index contributed by atoms with van der Waals surface area (Å²) in [6.45, 7) is -0.258. The van der Waals surface area contributed by atoms with Crippen LogP contribution in [0.15, 0.2) is 71.6 Å². The molecule has 3 aromatic heterocycles. The number of pyridine rings is 1. The van der Waals surface area contributed by atoms with Crippen LogP contribution < -0.4 is 5.32 Å². The highest BCUT2D eigenvalue weighted by atomic mass is 19.1. The zero-order valence-electron chi connectivity index (χ0n) is 20.0. The van der Waals surface area contributed by atoms with Gasteiger partial charge in [-0.2, -0.15) is 4.80 Å². The molecule has 5 rings (SSSR count). The molecule has 1 atom stereocenters. The van der Waals surface area contributed by atoms with Crippen LogP contribution in [0, 0.1) is 5.82 Å². The Morgan fingerprint density at radius 1 is 1.11 bits per heavy atom. The fourth-order valence-corrected chi connectivity index (χ4v) is 4.54. The van der Waals surface area contributed by atoms with Gasteiger partial charge in [-0.15, -0.1) is 10.2 Å². The first-order valence-electron chi connectivity index (χ1n) is 12.1. The minimum atomic E-state index is -0.934. The highest BCUT2D eigenvalue weighted by Gasteiger charge is 2.34. The standard InChI is InChI=1S/C26H26FN7O3/c27-22-10-4-3-9-21(22)25-30-32-34(31-25)17-23(35)33(16-20-8-5-15-37-20)24(18-11-13-28-14-12-18)26(36)29-19-6-1-2-7-19/h3-5,8-15,19,24H,1-2,6-7,16-17H2,(H,29,36). The quantitative estimate of drug-likeness (QED) is 0.372. The van der Waals surface area contributed by atoms with Crippen molar-refractivity contribution in [3.63, 3.8) is 0 Å². The van der Waals surface area contributed by atoms with E-state index in [-0.39, 0.29) is 36.4 Å². The van der Waals surface area contributed by atoms with E-state index in [2.05, 4.69) is 25.7 Å². The predicted octanol–water partition coefficient (Wildman–Crippen LogP) is 3.30. The molecule has 1 saturated carbocycles. The molecule has 0 spiro atoms. The number of nitrogens with zero attached hydrogens (tertiary/aromatic N) is 6. The van der Waals surface area contributed by atoms with E-state index in [1.165, 1.54) is 23.3 Å². The Morgan fingerprint density at radius 2 is 1.89 bits per heavy atom. The molecular weight excluding hydrogens is 477 g/mol. The molecule has 10 nitrogen and oxygen atoms in total. The fraction of sp³-hybridized carbons (Fsp3) is 0.308. The highest BCUT2D eigenvalue weighted by Crippen LogP contribution is 2.26. The first-order valence-corrected chi connectivity index (χ1v) is 12.1. The van der Waals surface area contributed by atoms with E-state index in [0.29, 0.717) is 11.3 Å². The third-order valence-electron chi connectivity index (χ3n) is 6.35. The summed E-state index contributed by atoms with van der Waals surface area (Å²) in [6, 6.07) is 12.1. The average Bonchev–Trinajstić information content (AvgIpc) is 3.69. The summed E-state index contributed by atoms with van der Waals surface area (Å²) in [6.07, 6.45) is 8.61. The number of carbonyl (C=O) groups is 2. The van der Waals surface area contributed by atoms with E-state index in [1.807, 2.05) is 0 Å². The monoisotopic (exact) mass is 503 g/mol. The Morgan fingerprint density at radius 3 is 2.62 bits per heavy atom. The molecule has 1 unspecified atom stereocenters. The van der Waals surface area contributed by atoms with Crippen molar-refractivity contribution < 1.29 is 18.4 Å². The number of benzene rings is 1. The van der Waals surface area contributed by atoms with Crippen LogP contribution in [-0.4, -0.2) is 47.9 Å². The summed E-state index contributed by atoms with van der Waals surface area (Å²) >= 11 is 0. The fourth-order valence-electron chi connectivity index (χ4n) is 4.54. The van der Waals surface area contributed by atoms with Crippen LogP contribution in [0.5, 0.6) is 0 Å². The molecule has 1 aromatic carbocycles. The molecule has 190 valence electrons. The molecule has 0 bridgehead atoms. The maximum Gasteiger partial charge on any atom is 0.247 e. The summed E-state index contributed by atoms with van der Waals surface area (Å²) < 4.78 is 19.7. The molecule has 0 saturated heterocycles. The summed E-state index contributed by atoms with van der Waals surface area (Å²) in [7, 11) is 0. The van der Waals surface area contributed by atoms with Crippen molar-refractivity contribution in [2.24, 2.45) is 0 Å². The molecule has 11 heteroatoms. The second-order valence-electron chi connectivity index (χ2n) is 8.90. The van der Waals surface area contributed by atoms with Gasteiger partial charge in [0.05, 0.1) is 18.4 Å². The topological polar surface area (TPSA) is 119 Å². The van der Waals surface area contributed by atoms with Crippen molar-refractivity contribution >= 4 is 11.8 Å². The summed E-state index contributed by atoms with van der Waals surface area (Å²) in [5, 5.41) is 15.2. The summed E-state index contributed by atoms with van der Waals surface area (Å²) in [5.41, 5.74) is 0.795. The Kier molecular flexibility index (Phi) is 7.29. The number of aromatic nitrogens is 5. The van der Waals surface area contributed by atoms with Crippen LogP contribution in [0.1, 0.15) is 43.0 Å². The van der Waals surface area contributed by atoms with Crippen molar-refractivity contribution in [2.75, 3.05) is 0 Å². The summed E-state index contributed by atoms with van der Waals surface area (Å²) in [4.78, 5) is 33.9. The highest BCUT2D eigenvalue weighted by molar-refractivity contribution is 5.88. The van der Waals surface area contributed by atoms with E-state index in [9.17, 15) is 14.0 Å². The largest absolute Gasteiger partial charge is 0.467 e. The second kappa shape index (κ2) is 11.1. The van der Waals surface area contributed by atoms with Gasteiger partial charge in [0.2, 0.25) is 17.6 Å². The molecule has 37 heavy (non-hydrogen) atoms. The van der Waals surface area contributed by atoms with Crippen LogP contribution in [-0.2, 0) is 22.7 Å².